The average molecular weight is 318 g/mol. The Morgan fingerprint density at radius 3 is 2.73 bits per heavy atom. The van der Waals surface area contributed by atoms with Gasteiger partial charge in [-0.2, -0.15) is 0 Å². The standard InChI is InChI=1S/C17H20ClN3O/c1-3-12(4-2)17(22)19-10-9-15-11-20-16(21-15)13-5-7-14(18)8-6-13/h3,5-8,11H,4,9-10H2,1-2H3,(H,19,22)(H,20,21)/b12-3+. The van der Waals surface area contributed by atoms with Crippen molar-refractivity contribution in [3.63, 3.8) is 0 Å². The number of nitrogens with zero attached hydrogens (tertiary/aromatic N) is 1. The summed E-state index contributed by atoms with van der Waals surface area (Å²) in [5.74, 6) is 0.808. The van der Waals surface area contributed by atoms with Crippen LogP contribution in [-0.4, -0.2) is 22.4 Å². The van der Waals surface area contributed by atoms with Gasteiger partial charge in [-0.3, -0.25) is 4.79 Å². The topological polar surface area (TPSA) is 57.8 Å². The molecule has 1 aromatic heterocycles. The molecule has 0 saturated heterocycles. The molecule has 0 atom stereocenters. The third kappa shape index (κ3) is 4.21. The first-order chi connectivity index (χ1) is 10.6. The molecule has 0 aliphatic heterocycles. The highest BCUT2D eigenvalue weighted by atomic mass is 35.5. The number of benzene rings is 1. The van der Waals surface area contributed by atoms with Crippen LogP contribution in [-0.2, 0) is 11.2 Å². The SMILES string of the molecule is C/C=C(\CC)C(=O)NCCc1cnc(-c2ccc(Cl)cc2)[nH]1. The maximum Gasteiger partial charge on any atom is 0.246 e. The number of amides is 1. The summed E-state index contributed by atoms with van der Waals surface area (Å²) in [5.41, 5.74) is 2.79. The summed E-state index contributed by atoms with van der Waals surface area (Å²) in [6.07, 6.45) is 5.11. The molecule has 0 saturated carbocycles. The van der Waals surface area contributed by atoms with Gasteiger partial charge in [-0.25, -0.2) is 4.98 Å². The van der Waals surface area contributed by atoms with Gasteiger partial charge in [0.25, 0.3) is 0 Å². The second-order valence-electron chi connectivity index (χ2n) is 4.94. The monoisotopic (exact) mass is 317 g/mol. The van der Waals surface area contributed by atoms with E-state index in [1.807, 2.05) is 44.2 Å². The van der Waals surface area contributed by atoms with E-state index in [9.17, 15) is 4.79 Å². The molecule has 2 aromatic rings. The normalized spacial score (nSPS) is 11.5. The molecule has 0 fully saturated rings. The van der Waals surface area contributed by atoms with Crippen molar-refractivity contribution in [1.29, 1.82) is 0 Å². The lowest BCUT2D eigenvalue weighted by atomic mass is 10.2. The van der Waals surface area contributed by atoms with Crippen LogP contribution in [0.5, 0.6) is 0 Å². The van der Waals surface area contributed by atoms with Gasteiger partial charge in [-0.1, -0.05) is 24.6 Å². The van der Waals surface area contributed by atoms with Gasteiger partial charge in [0.15, 0.2) is 0 Å². The molecular formula is C17H20ClN3O. The first kappa shape index (κ1) is 16.3. The Kier molecular flexibility index (Phi) is 5.78. The fourth-order valence-electron chi connectivity index (χ4n) is 2.16. The number of nitrogens with one attached hydrogen (secondary N) is 2. The molecule has 2 N–H and O–H groups in total. The minimum Gasteiger partial charge on any atom is -0.352 e. The van der Waals surface area contributed by atoms with Crippen molar-refractivity contribution in [2.75, 3.05) is 6.54 Å². The highest BCUT2D eigenvalue weighted by Crippen LogP contribution is 2.18. The van der Waals surface area contributed by atoms with Crippen molar-refractivity contribution < 1.29 is 4.79 Å². The van der Waals surface area contributed by atoms with E-state index in [4.69, 9.17) is 11.6 Å². The maximum absolute atomic E-state index is 11.8. The zero-order valence-corrected chi connectivity index (χ0v) is 13.6. The Labute approximate surface area is 135 Å². The Bertz CT molecular complexity index is 659. The molecule has 1 aromatic carbocycles. The van der Waals surface area contributed by atoms with Crippen molar-refractivity contribution in [2.24, 2.45) is 0 Å². The van der Waals surface area contributed by atoms with Crippen molar-refractivity contribution in [2.45, 2.75) is 26.7 Å². The molecule has 116 valence electrons. The number of hydrogen-bond acceptors (Lipinski definition) is 2. The van der Waals surface area contributed by atoms with Crippen LogP contribution in [0.4, 0.5) is 0 Å². The minimum absolute atomic E-state index is 0.00226. The fourth-order valence-corrected chi connectivity index (χ4v) is 2.29. The summed E-state index contributed by atoms with van der Waals surface area (Å²) in [6, 6.07) is 7.52. The zero-order valence-electron chi connectivity index (χ0n) is 12.8. The largest absolute Gasteiger partial charge is 0.352 e. The van der Waals surface area contributed by atoms with Crippen LogP contribution in [0.15, 0.2) is 42.1 Å². The number of carbonyl (C=O) groups excluding carboxylic acids is 1. The van der Waals surface area contributed by atoms with Crippen molar-refractivity contribution in [3.8, 4) is 11.4 Å². The second kappa shape index (κ2) is 7.80. The average Bonchev–Trinajstić information content (AvgIpc) is 2.98. The Hall–Kier alpha value is -2.07. The molecule has 0 unspecified atom stereocenters. The van der Waals surface area contributed by atoms with Crippen LogP contribution in [0, 0.1) is 0 Å². The van der Waals surface area contributed by atoms with E-state index in [1.54, 1.807) is 6.20 Å². The molecule has 1 amide bonds. The molecule has 0 aliphatic carbocycles. The third-order valence-electron chi connectivity index (χ3n) is 3.45. The summed E-state index contributed by atoms with van der Waals surface area (Å²) in [7, 11) is 0. The van der Waals surface area contributed by atoms with Crippen LogP contribution in [0.25, 0.3) is 11.4 Å². The summed E-state index contributed by atoms with van der Waals surface area (Å²) < 4.78 is 0. The van der Waals surface area contributed by atoms with Crippen LogP contribution in [0.1, 0.15) is 26.0 Å². The maximum atomic E-state index is 11.8. The summed E-state index contributed by atoms with van der Waals surface area (Å²) >= 11 is 5.88. The number of imidazole rings is 1. The van der Waals surface area contributed by atoms with E-state index in [2.05, 4.69) is 15.3 Å². The van der Waals surface area contributed by atoms with E-state index in [0.717, 1.165) is 29.1 Å². The summed E-state index contributed by atoms with van der Waals surface area (Å²) in [4.78, 5) is 19.5. The van der Waals surface area contributed by atoms with Crippen LogP contribution in [0.3, 0.4) is 0 Å². The number of aromatic amines is 1. The quantitative estimate of drug-likeness (QED) is 0.797. The van der Waals surface area contributed by atoms with Crippen molar-refractivity contribution >= 4 is 17.5 Å². The number of hydrogen-bond donors (Lipinski definition) is 2. The van der Waals surface area contributed by atoms with Gasteiger partial charge >= 0.3 is 0 Å². The van der Waals surface area contributed by atoms with E-state index in [1.165, 1.54) is 0 Å². The van der Waals surface area contributed by atoms with Gasteiger partial charge < -0.3 is 10.3 Å². The van der Waals surface area contributed by atoms with E-state index >= 15 is 0 Å². The number of aromatic nitrogens is 2. The molecule has 2 rings (SSSR count). The number of halogens is 1. The smallest absolute Gasteiger partial charge is 0.246 e. The molecule has 22 heavy (non-hydrogen) atoms. The van der Waals surface area contributed by atoms with Gasteiger partial charge in [0.05, 0.1) is 0 Å². The van der Waals surface area contributed by atoms with Crippen LogP contribution < -0.4 is 5.32 Å². The predicted octanol–water partition coefficient (Wildman–Crippen LogP) is 3.75. The van der Waals surface area contributed by atoms with E-state index in [0.29, 0.717) is 18.0 Å². The third-order valence-corrected chi connectivity index (χ3v) is 3.70. The minimum atomic E-state index is 0.00226. The molecule has 4 nitrogen and oxygen atoms in total. The highest BCUT2D eigenvalue weighted by molar-refractivity contribution is 6.30. The molecule has 0 bridgehead atoms. The van der Waals surface area contributed by atoms with Gasteiger partial charge in [0.1, 0.15) is 5.82 Å². The fraction of sp³-hybridized carbons (Fsp3) is 0.294. The molecule has 0 spiro atoms. The van der Waals surface area contributed by atoms with Crippen molar-refractivity contribution in [1.82, 2.24) is 15.3 Å². The van der Waals surface area contributed by atoms with Crippen molar-refractivity contribution in [3.05, 3.63) is 52.8 Å². The van der Waals surface area contributed by atoms with Gasteiger partial charge in [-0.15, -0.1) is 0 Å². The molecule has 1 heterocycles. The lowest BCUT2D eigenvalue weighted by molar-refractivity contribution is -0.117. The number of carbonyl (C=O) groups is 1. The molecule has 0 aliphatic rings. The Morgan fingerprint density at radius 1 is 1.36 bits per heavy atom. The number of H-pyrrole nitrogens is 1. The second-order valence-corrected chi connectivity index (χ2v) is 5.37. The first-order valence-electron chi connectivity index (χ1n) is 7.37. The van der Waals surface area contributed by atoms with E-state index in [-0.39, 0.29) is 5.91 Å². The Balaban J connectivity index is 1.90. The Morgan fingerprint density at radius 2 is 2.09 bits per heavy atom. The number of rotatable bonds is 6. The van der Waals surface area contributed by atoms with Crippen LogP contribution in [0.2, 0.25) is 5.02 Å². The summed E-state index contributed by atoms with van der Waals surface area (Å²) in [5, 5.41) is 3.62. The molecular weight excluding hydrogens is 298 g/mol. The summed E-state index contributed by atoms with van der Waals surface area (Å²) in [6.45, 7) is 4.44. The van der Waals surface area contributed by atoms with Crippen LogP contribution >= 0.6 is 11.6 Å². The number of allylic oxidation sites excluding steroid dienone is 1. The van der Waals surface area contributed by atoms with Gasteiger partial charge in [-0.05, 0) is 37.6 Å². The molecule has 5 heteroatoms. The van der Waals surface area contributed by atoms with Gasteiger partial charge in [0, 0.05) is 41.0 Å². The first-order valence-corrected chi connectivity index (χ1v) is 7.75. The lowest BCUT2D eigenvalue weighted by Crippen LogP contribution is -2.27. The lowest BCUT2D eigenvalue weighted by Gasteiger charge is -2.05. The highest BCUT2D eigenvalue weighted by Gasteiger charge is 2.07. The zero-order chi connectivity index (χ0) is 15.9. The van der Waals surface area contributed by atoms with E-state index < -0.39 is 0 Å². The molecule has 0 radical (unpaired) electrons. The van der Waals surface area contributed by atoms with Gasteiger partial charge in [0.2, 0.25) is 5.91 Å². The predicted molar refractivity (Wildman–Crippen MR) is 89.8 cm³/mol.